The van der Waals surface area contributed by atoms with Gasteiger partial charge >= 0.3 is 5.97 Å². The number of nitrogen functional groups attached to an aromatic ring is 1. The maximum absolute atomic E-state index is 11.9. The Labute approximate surface area is 118 Å². The van der Waals surface area contributed by atoms with Crippen LogP contribution in [0.2, 0.25) is 0 Å². The highest BCUT2D eigenvalue weighted by Gasteiger charge is 2.16. The van der Waals surface area contributed by atoms with Crippen molar-refractivity contribution in [3.8, 4) is 5.75 Å². The Morgan fingerprint density at radius 3 is 2.65 bits per heavy atom. The fourth-order valence-corrected chi connectivity index (χ4v) is 2.46. The molecular formula is C13H19NO5S. The summed E-state index contributed by atoms with van der Waals surface area (Å²) >= 11 is 0. The van der Waals surface area contributed by atoms with Gasteiger partial charge in [-0.1, -0.05) is 13.0 Å². The highest BCUT2D eigenvalue weighted by Crippen LogP contribution is 2.26. The van der Waals surface area contributed by atoms with Crippen molar-refractivity contribution >= 4 is 21.5 Å². The first-order chi connectivity index (χ1) is 9.41. The number of rotatable bonds is 7. The highest BCUT2D eigenvalue weighted by molar-refractivity contribution is 7.91. The number of carbonyl (C=O) groups excluding carboxylic acids is 1. The molecule has 0 radical (unpaired) electrons. The first kappa shape index (κ1) is 16.3. The van der Waals surface area contributed by atoms with Gasteiger partial charge in [0.15, 0.2) is 5.75 Å². The van der Waals surface area contributed by atoms with Crippen LogP contribution in [0.15, 0.2) is 18.2 Å². The van der Waals surface area contributed by atoms with E-state index in [0.717, 1.165) is 0 Å². The first-order valence-corrected chi connectivity index (χ1v) is 8.03. The molecule has 7 heteroatoms. The molecule has 0 aliphatic heterocycles. The van der Waals surface area contributed by atoms with Crippen LogP contribution in [0.4, 0.5) is 5.69 Å². The van der Waals surface area contributed by atoms with E-state index in [2.05, 4.69) is 0 Å². The Morgan fingerprint density at radius 2 is 2.05 bits per heavy atom. The quantitative estimate of drug-likeness (QED) is 0.463. The summed E-state index contributed by atoms with van der Waals surface area (Å²) in [6, 6.07) is 4.78. The molecule has 20 heavy (non-hydrogen) atoms. The van der Waals surface area contributed by atoms with Gasteiger partial charge in [0, 0.05) is 5.75 Å². The van der Waals surface area contributed by atoms with Crippen LogP contribution in [-0.2, 0) is 14.6 Å². The number of sulfone groups is 1. The number of para-hydroxylation sites is 1. The number of hydrogen-bond acceptors (Lipinski definition) is 6. The standard InChI is InChI=1S/C13H19NO5S/c1-3-20(16,17)9-5-8-19-13(15)10-6-4-7-11(14)12(10)18-2/h4,6-7H,3,5,8-9,14H2,1-2H3. The fourth-order valence-electron chi connectivity index (χ4n) is 1.61. The Bertz CT molecular complexity index is 568. The van der Waals surface area contributed by atoms with Crippen LogP contribution >= 0.6 is 0 Å². The molecule has 0 saturated heterocycles. The molecule has 1 aromatic rings. The zero-order valence-corrected chi connectivity index (χ0v) is 12.4. The van der Waals surface area contributed by atoms with Crippen molar-refractivity contribution < 1.29 is 22.7 Å². The number of hydrogen-bond donors (Lipinski definition) is 1. The lowest BCUT2D eigenvalue weighted by Crippen LogP contribution is -2.14. The molecule has 0 aromatic heterocycles. The SMILES string of the molecule is CCS(=O)(=O)CCCOC(=O)c1cccc(N)c1OC. The molecule has 0 spiro atoms. The fraction of sp³-hybridized carbons (Fsp3) is 0.462. The number of methoxy groups -OCH3 is 1. The summed E-state index contributed by atoms with van der Waals surface area (Å²) in [5, 5.41) is 0. The van der Waals surface area contributed by atoms with Gasteiger partial charge in [-0.05, 0) is 18.6 Å². The van der Waals surface area contributed by atoms with Crippen molar-refractivity contribution in [2.45, 2.75) is 13.3 Å². The lowest BCUT2D eigenvalue weighted by Gasteiger charge is -2.10. The van der Waals surface area contributed by atoms with E-state index in [1.807, 2.05) is 0 Å². The summed E-state index contributed by atoms with van der Waals surface area (Å²) in [7, 11) is -1.62. The van der Waals surface area contributed by atoms with E-state index in [0.29, 0.717) is 5.69 Å². The maximum atomic E-state index is 11.9. The summed E-state index contributed by atoms with van der Waals surface area (Å²) in [5.74, 6) is -0.226. The number of esters is 1. The van der Waals surface area contributed by atoms with Crippen molar-refractivity contribution in [2.75, 3.05) is 31.0 Å². The Balaban J connectivity index is 2.58. The molecule has 112 valence electrons. The molecule has 1 aromatic carbocycles. The molecule has 0 bridgehead atoms. The minimum absolute atomic E-state index is 0.00481. The summed E-state index contributed by atoms with van der Waals surface area (Å²) in [6.45, 7) is 1.62. The van der Waals surface area contributed by atoms with Crippen molar-refractivity contribution in [2.24, 2.45) is 0 Å². The number of ether oxygens (including phenoxy) is 2. The molecule has 0 saturated carbocycles. The third-order valence-corrected chi connectivity index (χ3v) is 4.53. The van der Waals surface area contributed by atoms with Gasteiger partial charge in [0.1, 0.15) is 15.4 Å². The monoisotopic (exact) mass is 301 g/mol. The number of nitrogens with two attached hydrogens (primary N) is 1. The number of anilines is 1. The molecule has 0 aliphatic rings. The lowest BCUT2D eigenvalue weighted by molar-refractivity contribution is 0.0502. The van der Waals surface area contributed by atoms with E-state index >= 15 is 0 Å². The van der Waals surface area contributed by atoms with Crippen molar-refractivity contribution in [3.63, 3.8) is 0 Å². The van der Waals surface area contributed by atoms with Crippen LogP contribution in [-0.4, -0.2) is 39.6 Å². The topological polar surface area (TPSA) is 95.7 Å². The first-order valence-electron chi connectivity index (χ1n) is 6.21. The molecule has 0 amide bonds. The van der Waals surface area contributed by atoms with Gasteiger partial charge < -0.3 is 15.2 Å². The van der Waals surface area contributed by atoms with Gasteiger partial charge in [-0.15, -0.1) is 0 Å². The second-order valence-corrected chi connectivity index (χ2v) is 6.63. The van der Waals surface area contributed by atoms with Crippen molar-refractivity contribution in [1.29, 1.82) is 0 Å². The molecule has 1 rings (SSSR count). The van der Waals surface area contributed by atoms with Crippen LogP contribution in [0.3, 0.4) is 0 Å². The van der Waals surface area contributed by atoms with E-state index in [1.54, 1.807) is 25.1 Å². The molecular weight excluding hydrogens is 282 g/mol. The normalized spacial score (nSPS) is 11.1. The molecule has 6 nitrogen and oxygen atoms in total. The Hall–Kier alpha value is -1.76. The van der Waals surface area contributed by atoms with E-state index in [1.165, 1.54) is 7.11 Å². The zero-order chi connectivity index (χ0) is 15.2. The van der Waals surface area contributed by atoms with Crippen LogP contribution < -0.4 is 10.5 Å². The Kier molecular flexibility index (Phi) is 5.82. The number of benzene rings is 1. The summed E-state index contributed by atoms with van der Waals surface area (Å²) < 4.78 is 32.6. The van der Waals surface area contributed by atoms with Gasteiger partial charge in [0.2, 0.25) is 0 Å². The molecule has 0 fully saturated rings. The van der Waals surface area contributed by atoms with Crippen molar-refractivity contribution in [1.82, 2.24) is 0 Å². The van der Waals surface area contributed by atoms with Crippen LogP contribution in [0.5, 0.6) is 5.75 Å². The zero-order valence-electron chi connectivity index (χ0n) is 11.6. The second-order valence-electron chi connectivity index (χ2n) is 4.15. The highest BCUT2D eigenvalue weighted by atomic mass is 32.2. The summed E-state index contributed by atoms with van der Waals surface area (Å²) in [6.07, 6.45) is 0.270. The smallest absolute Gasteiger partial charge is 0.342 e. The largest absolute Gasteiger partial charge is 0.494 e. The molecule has 0 unspecified atom stereocenters. The molecule has 0 heterocycles. The molecule has 2 N–H and O–H groups in total. The van der Waals surface area contributed by atoms with E-state index in [9.17, 15) is 13.2 Å². The van der Waals surface area contributed by atoms with Crippen LogP contribution in [0.1, 0.15) is 23.7 Å². The minimum Gasteiger partial charge on any atom is -0.494 e. The van der Waals surface area contributed by atoms with Crippen LogP contribution in [0.25, 0.3) is 0 Å². The molecule has 0 atom stereocenters. The second kappa shape index (κ2) is 7.14. The summed E-state index contributed by atoms with van der Waals surface area (Å²) in [4.78, 5) is 11.9. The van der Waals surface area contributed by atoms with Gasteiger partial charge in [-0.25, -0.2) is 13.2 Å². The van der Waals surface area contributed by atoms with E-state index in [4.69, 9.17) is 15.2 Å². The minimum atomic E-state index is -3.04. The third-order valence-electron chi connectivity index (χ3n) is 2.74. The predicted molar refractivity (Wildman–Crippen MR) is 76.6 cm³/mol. The van der Waals surface area contributed by atoms with Gasteiger partial charge in [0.05, 0.1) is 25.2 Å². The van der Waals surface area contributed by atoms with Gasteiger partial charge in [-0.2, -0.15) is 0 Å². The van der Waals surface area contributed by atoms with Crippen molar-refractivity contribution in [3.05, 3.63) is 23.8 Å². The predicted octanol–water partition coefficient (Wildman–Crippen LogP) is 1.26. The van der Waals surface area contributed by atoms with Gasteiger partial charge in [-0.3, -0.25) is 0 Å². The average Bonchev–Trinajstić information content (AvgIpc) is 2.43. The summed E-state index contributed by atoms with van der Waals surface area (Å²) in [5.41, 5.74) is 6.26. The van der Waals surface area contributed by atoms with Crippen LogP contribution in [0, 0.1) is 0 Å². The maximum Gasteiger partial charge on any atom is 0.342 e. The third kappa shape index (κ3) is 4.41. The van der Waals surface area contributed by atoms with E-state index < -0.39 is 15.8 Å². The van der Waals surface area contributed by atoms with Gasteiger partial charge in [0.25, 0.3) is 0 Å². The number of carbonyl (C=O) groups is 1. The average molecular weight is 301 g/mol. The van der Waals surface area contributed by atoms with E-state index in [-0.39, 0.29) is 35.8 Å². The Morgan fingerprint density at radius 1 is 1.35 bits per heavy atom. The molecule has 0 aliphatic carbocycles. The lowest BCUT2D eigenvalue weighted by atomic mass is 10.2.